The molecule has 0 saturated carbocycles. The normalized spacial score (nSPS) is 15.2. The topological polar surface area (TPSA) is 69.7 Å². The van der Waals surface area contributed by atoms with Crippen molar-refractivity contribution in [2.45, 2.75) is 12.5 Å². The fourth-order valence-electron chi connectivity index (χ4n) is 4.49. The highest BCUT2D eigenvalue weighted by molar-refractivity contribution is 7.80. The van der Waals surface area contributed by atoms with Crippen LogP contribution in [0.25, 0.3) is 22.0 Å². The molecule has 0 amide bonds. The van der Waals surface area contributed by atoms with Crippen LogP contribution < -0.4 is 15.6 Å². The molecule has 4 aromatic rings. The first-order valence-corrected chi connectivity index (χ1v) is 11.9. The number of aromatic nitrogens is 1. The number of ether oxygens (including phenoxy) is 1. The molecule has 5 rings (SSSR count). The fraction of sp³-hybridized carbons (Fsp3) is 0.148. The maximum atomic E-state index is 13.5. The van der Waals surface area contributed by atoms with Crippen molar-refractivity contribution < 1.29 is 4.74 Å². The van der Waals surface area contributed by atoms with Gasteiger partial charge in [-0.25, -0.2) is 5.01 Å². The van der Waals surface area contributed by atoms with Gasteiger partial charge in [0.15, 0.2) is 5.11 Å². The molecule has 2 N–H and O–H groups in total. The molecule has 0 bridgehead atoms. The Morgan fingerprint density at radius 2 is 1.86 bits per heavy atom. The fourth-order valence-corrected chi connectivity index (χ4v) is 4.83. The van der Waals surface area contributed by atoms with E-state index in [1.807, 2.05) is 66.7 Å². The number of hydrazone groups is 1. The molecule has 0 saturated heterocycles. The van der Waals surface area contributed by atoms with Gasteiger partial charge in [0.2, 0.25) is 0 Å². The molecule has 0 aliphatic carbocycles. The number of hydrogen-bond donors (Lipinski definition) is 2. The number of pyridine rings is 1. The average Bonchev–Trinajstić information content (AvgIpc) is 3.33. The second-order valence-electron chi connectivity index (χ2n) is 8.20. The lowest BCUT2D eigenvalue weighted by molar-refractivity contribution is 0.365. The molecule has 2 heterocycles. The van der Waals surface area contributed by atoms with E-state index in [1.165, 1.54) is 0 Å². The molecule has 0 fully saturated rings. The predicted molar refractivity (Wildman–Crippen MR) is 145 cm³/mol. The number of nitrogens with zero attached hydrogens (tertiary/aromatic N) is 2. The minimum Gasteiger partial charge on any atom is -0.497 e. The van der Waals surface area contributed by atoms with E-state index in [-0.39, 0.29) is 11.6 Å². The summed E-state index contributed by atoms with van der Waals surface area (Å²) in [5.74, 6) is 0.768. The Balaban J connectivity index is 1.71. The Hall–Kier alpha value is -3.68. The zero-order chi connectivity index (χ0) is 24.5. The van der Waals surface area contributed by atoms with Gasteiger partial charge in [-0.2, -0.15) is 5.10 Å². The summed E-state index contributed by atoms with van der Waals surface area (Å²) in [6, 6.07) is 23.0. The Morgan fingerprint density at radius 3 is 2.54 bits per heavy atom. The summed E-state index contributed by atoms with van der Waals surface area (Å²) in [7, 11) is 3.40. The van der Waals surface area contributed by atoms with Crippen LogP contribution in [0.5, 0.6) is 5.75 Å². The molecule has 1 aliphatic rings. The Kier molecular flexibility index (Phi) is 6.28. The molecule has 0 spiro atoms. The molecule has 3 aromatic carbocycles. The lowest BCUT2D eigenvalue weighted by atomic mass is 9.91. The van der Waals surface area contributed by atoms with E-state index >= 15 is 0 Å². The summed E-state index contributed by atoms with van der Waals surface area (Å²) in [5.41, 5.74) is 4.42. The summed E-state index contributed by atoms with van der Waals surface area (Å²) in [5, 5.41) is 11.6. The third-order valence-corrected chi connectivity index (χ3v) is 6.79. The number of benzene rings is 3. The van der Waals surface area contributed by atoms with Crippen molar-refractivity contribution in [2.75, 3.05) is 14.2 Å². The van der Waals surface area contributed by atoms with Gasteiger partial charge in [-0.05, 0) is 53.7 Å². The Labute approximate surface area is 213 Å². The van der Waals surface area contributed by atoms with Gasteiger partial charge in [-0.3, -0.25) is 4.79 Å². The zero-order valence-electron chi connectivity index (χ0n) is 19.2. The molecule has 176 valence electrons. The lowest BCUT2D eigenvalue weighted by Gasteiger charge is -2.23. The van der Waals surface area contributed by atoms with E-state index < -0.39 is 0 Å². The van der Waals surface area contributed by atoms with E-state index in [1.54, 1.807) is 25.2 Å². The van der Waals surface area contributed by atoms with Crippen LogP contribution in [-0.2, 0) is 0 Å². The second-order valence-corrected chi connectivity index (χ2v) is 9.02. The molecular weight excluding hydrogens is 480 g/mol. The molecule has 1 aromatic heterocycles. The highest BCUT2D eigenvalue weighted by Crippen LogP contribution is 2.37. The van der Waals surface area contributed by atoms with Crippen LogP contribution in [-0.4, -0.2) is 35.0 Å². The quantitative estimate of drug-likeness (QED) is 0.360. The Morgan fingerprint density at radius 1 is 1.11 bits per heavy atom. The summed E-state index contributed by atoms with van der Waals surface area (Å²) >= 11 is 12.0. The molecule has 1 atom stereocenters. The molecule has 1 aliphatic heterocycles. The monoisotopic (exact) mass is 502 g/mol. The van der Waals surface area contributed by atoms with Crippen LogP contribution in [0.1, 0.15) is 23.6 Å². The maximum Gasteiger partial charge on any atom is 0.258 e. The largest absolute Gasteiger partial charge is 0.497 e. The van der Waals surface area contributed by atoms with Crippen LogP contribution in [0.15, 0.2) is 82.7 Å². The van der Waals surface area contributed by atoms with E-state index in [2.05, 4.69) is 10.3 Å². The average molecular weight is 503 g/mol. The van der Waals surface area contributed by atoms with Crippen LogP contribution in [0, 0.1) is 0 Å². The first-order chi connectivity index (χ1) is 17.0. The van der Waals surface area contributed by atoms with Crippen LogP contribution in [0.2, 0.25) is 5.02 Å². The van der Waals surface area contributed by atoms with Crippen molar-refractivity contribution in [1.29, 1.82) is 0 Å². The number of nitrogens with one attached hydrogen (secondary N) is 2. The summed E-state index contributed by atoms with van der Waals surface area (Å²) < 4.78 is 5.31. The first kappa shape index (κ1) is 23.1. The molecule has 35 heavy (non-hydrogen) atoms. The van der Waals surface area contributed by atoms with Crippen molar-refractivity contribution in [3.8, 4) is 16.9 Å². The van der Waals surface area contributed by atoms with Gasteiger partial charge < -0.3 is 15.0 Å². The number of rotatable bonds is 4. The standard InChI is InChI=1S/C27H23ClN4O2S/c1-29-27(35)32-23(16-8-11-19(34-2)12-9-16)15-22(31-32)25-24(17-6-4-3-5-7-17)20-14-18(28)10-13-21(20)30-26(25)33/h3-14,23H,15H2,1-2H3,(H,29,35)(H,30,33)/t23-/m0/s1. The van der Waals surface area contributed by atoms with E-state index in [9.17, 15) is 4.79 Å². The minimum atomic E-state index is -0.205. The lowest BCUT2D eigenvalue weighted by Crippen LogP contribution is -2.34. The molecule has 0 radical (unpaired) electrons. The SMILES string of the molecule is CNC(=S)N1N=C(c2c(-c3ccccc3)c3cc(Cl)ccc3[nH]c2=O)C[C@H]1c1ccc(OC)cc1. The number of aromatic amines is 1. The van der Waals surface area contributed by atoms with Gasteiger partial charge in [0.25, 0.3) is 5.56 Å². The number of halogens is 1. The molecular formula is C27H23ClN4O2S. The first-order valence-electron chi connectivity index (χ1n) is 11.1. The zero-order valence-corrected chi connectivity index (χ0v) is 20.8. The summed E-state index contributed by atoms with van der Waals surface area (Å²) in [6.07, 6.45) is 0.503. The van der Waals surface area contributed by atoms with Gasteiger partial charge in [0, 0.05) is 35.0 Å². The van der Waals surface area contributed by atoms with Gasteiger partial charge in [0.05, 0.1) is 24.4 Å². The highest BCUT2D eigenvalue weighted by Gasteiger charge is 2.34. The number of hydrogen-bond acceptors (Lipinski definition) is 4. The van der Waals surface area contributed by atoms with Crippen LogP contribution in [0.3, 0.4) is 0 Å². The third kappa shape index (κ3) is 4.29. The number of fused-ring (bicyclic) bond motifs is 1. The van der Waals surface area contributed by atoms with Crippen molar-refractivity contribution >= 4 is 45.5 Å². The van der Waals surface area contributed by atoms with Crippen molar-refractivity contribution in [1.82, 2.24) is 15.3 Å². The smallest absolute Gasteiger partial charge is 0.258 e. The van der Waals surface area contributed by atoms with Crippen LogP contribution in [0.4, 0.5) is 0 Å². The van der Waals surface area contributed by atoms with Crippen LogP contribution >= 0.6 is 23.8 Å². The number of methoxy groups -OCH3 is 1. The van der Waals surface area contributed by atoms with Crippen molar-refractivity contribution in [2.24, 2.45) is 5.10 Å². The number of H-pyrrole nitrogens is 1. The molecule has 6 nitrogen and oxygen atoms in total. The van der Waals surface area contributed by atoms with E-state index in [0.29, 0.717) is 27.8 Å². The minimum absolute atomic E-state index is 0.172. The molecule has 8 heteroatoms. The van der Waals surface area contributed by atoms with Gasteiger partial charge in [-0.1, -0.05) is 54.1 Å². The summed E-state index contributed by atoms with van der Waals surface area (Å²) in [6.45, 7) is 0. The van der Waals surface area contributed by atoms with Gasteiger partial charge in [-0.15, -0.1) is 0 Å². The summed E-state index contributed by atoms with van der Waals surface area (Å²) in [4.78, 5) is 16.5. The van der Waals surface area contributed by atoms with Gasteiger partial charge in [0.1, 0.15) is 5.75 Å². The highest BCUT2D eigenvalue weighted by atomic mass is 35.5. The Bertz CT molecular complexity index is 1500. The van der Waals surface area contributed by atoms with E-state index in [4.69, 9.17) is 33.7 Å². The van der Waals surface area contributed by atoms with Gasteiger partial charge >= 0.3 is 0 Å². The number of thiocarbonyl (C=S) groups is 1. The third-order valence-electron chi connectivity index (χ3n) is 6.16. The van der Waals surface area contributed by atoms with E-state index in [0.717, 1.165) is 33.3 Å². The molecule has 0 unspecified atom stereocenters. The predicted octanol–water partition coefficient (Wildman–Crippen LogP) is 5.51. The van der Waals surface area contributed by atoms with Crippen molar-refractivity contribution in [3.05, 3.63) is 99.3 Å². The second kappa shape index (κ2) is 9.52. The maximum absolute atomic E-state index is 13.5. The van der Waals surface area contributed by atoms with Crippen molar-refractivity contribution in [3.63, 3.8) is 0 Å².